The maximum atomic E-state index is 8.95. The Balaban J connectivity index is 0.000000317. The largest absolute Gasteiger partial charge is 0.471 e. The number of ether oxygens (including phenoxy) is 1. The summed E-state index contributed by atoms with van der Waals surface area (Å²) in [6.07, 6.45) is 2.05. The molecule has 5 heteroatoms. The van der Waals surface area contributed by atoms with E-state index in [1.807, 2.05) is 31.2 Å². The van der Waals surface area contributed by atoms with Gasteiger partial charge in [-0.15, -0.1) is 0 Å². The number of halogens is 1. The zero-order valence-electron chi connectivity index (χ0n) is 10.3. The van der Waals surface area contributed by atoms with Crippen molar-refractivity contribution in [3.05, 3.63) is 34.2 Å². The lowest BCUT2D eigenvalue weighted by Gasteiger charge is -2.00. The van der Waals surface area contributed by atoms with Gasteiger partial charge in [0.1, 0.15) is 0 Å². The first-order valence-electron chi connectivity index (χ1n) is 5.09. The molecule has 0 spiro atoms. The van der Waals surface area contributed by atoms with Crippen LogP contribution in [0.15, 0.2) is 12.3 Å². The third-order valence-corrected chi connectivity index (χ3v) is 2.66. The monoisotopic (exact) mass is 254 g/mol. The molecule has 0 aliphatic heterocycles. The summed E-state index contributed by atoms with van der Waals surface area (Å²) < 4.78 is 5.90. The van der Waals surface area contributed by atoms with Crippen LogP contribution in [0, 0.1) is 20.8 Å². The van der Waals surface area contributed by atoms with E-state index in [0.717, 1.165) is 27.6 Å². The van der Waals surface area contributed by atoms with Crippen LogP contribution in [0.1, 0.15) is 17.0 Å². The quantitative estimate of drug-likeness (QED) is 0.735. The first-order chi connectivity index (χ1) is 8.01. The zero-order chi connectivity index (χ0) is 13.0. The molecule has 0 atom stereocenters. The van der Waals surface area contributed by atoms with Crippen molar-refractivity contribution in [3.63, 3.8) is 0 Å². The smallest absolute Gasteiger partial charge is 0.292 e. The molecule has 0 radical (unpaired) electrons. The van der Waals surface area contributed by atoms with Crippen molar-refractivity contribution < 1.29 is 9.53 Å². The van der Waals surface area contributed by atoms with Crippen LogP contribution in [0.2, 0.25) is 5.02 Å². The number of aromatic nitrogens is 2. The Bertz CT molecular complexity index is 535. The molecule has 0 saturated carbocycles. The number of carbonyl (C=O) groups excluding carboxylic acids is 1. The first-order valence-corrected chi connectivity index (χ1v) is 5.47. The Labute approximate surface area is 105 Å². The molecule has 0 saturated heterocycles. The van der Waals surface area contributed by atoms with Gasteiger partial charge in [-0.05, 0) is 32.4 Å². The molecular weight excluding hydrogens is 240 g/mol. The highest BCUT2D eigenvalue weighted by Gasteiger charge is 2.07. The van der Waals surface area contributed by atoms with E-state index in [4.69, 9.17) is 16.4 Å². The summed E-state index contributed by atoms with van der Waals surface area (Å²) in [5.74, 6) is 0. The number of methoxy groups -OCH3 is 1. The van der Waals surface area contributed by atoms with Crippen LogP contribution in [-0.4, -0.2) is 23.0 Å². The van der Waals surface area contributed by atoms with E-state index >= 15 is 0 Å². The van der Waals surface area contributed by atoms with Gasteiger partial charge in [0, 0.05) is 11.9 Å². The molecule has 0 N–H and O–H groups in total. The highest BCUT2D eigenvalue weighted by atomic mass is 35.5. The second-order valence-electron chi connectivity index (χ2n) is 3.67. The summed E-state index contributed by atoms with van der Waals surface area (Å²) >= 11 is 6.06. The second-order valence-corrected chi connectivity index (χ2v) is 4.08. The van der Waals surface area contributed by atoms with Gasteiger partial charge >= 0.3 is 0 Å². The molecule has 0 aliphatic carbocycles. The Morgan fingerprint density at radius 3 is 2.53 bits per heavy atom. The highest BCUT2D eigenvalue weighted by Crippen LogP contribution is 2.20. The van der Waals surface area contributed by atoms with Crippen molar-refractivity contribution in [3.8, 4) is 0 Å². The number of carbonyl (C=O) groups is 1. The average molecular weight is 255 g/mol. The third kappa shape index (κ3) is 2.97. The fourth-order valence-electron chi connectivity index (χ4n) is 1.46. The lowest BCUT2D eigenvalue weighted by Crippen LogP contribution is -1.89. The summed E-state index contributed by atoms with van der Waals surface area (Å²) in [5.41, 5.74) is 4.19. The number of imidazole rings is 1. The maximum absolute atomic E-state index is 8.95. The minimum Gasteiger partial charge on any atom is -0.471 e. The van der Waals surface area contributed by atoms with Crippen molar-refractivity contribution >= 4 is 23.7 Å². The lowest BCUT2D eigenvalue weighted by molar-refractivity contribution is -0.126. The Kier molecular flexibility index (Phi) is 4.52. The molecule has 2 rings (SSSR count). The molecule has 0 aliphatic rings. The van der Waals surface area contributed by atoms with Crippen molar-refractivity contribution in [2.45, 2.75) is 20.8 Å². The number of hydrogen-bond acceptors (Lipinski definition) is 3. The number of hydrogen-bond donors (Lipinski definition) is 0. The summed E-state index contributed by atoms with van der Waals surface area (Å²) in [6, 6.07) is 1.93. The maximum Gasteiger partial charge on any atom is 0.292 e. The van der Waals surface area contributed by atoms with E-state index in [0.29, 0.717) is 6.47 Å². The molecular formula is C12H15ClN2O2. The number of nitrogens with zero attached hydrogens (tertiary/aromatic N) is 2. The Hall–Kier alpha value is -1.55. The van der Waals surface area contributed by atoms with E-state index in [9.17, 15) is 0 Å². The van der Waals surface area contributed by atoms with Crippen molar-refractivity contribution in [1.29, 1.82) is 0 Å². The third-order valence-electron chi connectivity index (χ3n) is 2.38. The summed E-state index contributed by atoms with van der Waals surface area (Å²) in [7, 11) is 1.31. The highest BCUT2D eigenvalue weighted by molar-refractivity contribution is 6.33. The van der Waals surface area contributed by atoms with E-state index in [1.165, 1.54) is 7.11 Å². The van der Waals surface area contributed by atoms with Gasteiger partial charge in [0.15, 0.2) is 5.65 Å². The zero-order valence-corrected chi connectivity index (χ0v) is 11.1. The van der Waals surface area contributed by atoms with Gasteiger partial charge in [0.25, 0.3) is 6.47 Å². The predicted molar refractivity (Wildman–Crippen MR) is 67.5 cm³/mol. The first kappa shape index (κ1) is 13.5. The van der Waals surface area contributed by atoms with Crippen LogP contribution in [-0.2, 0) is 9.53 Å². The number of rotatable bonds is 1. The second kappa shape index (κ2) is 5.68. The van der Waals surface area contributed by atoms with E-state index in [1.54, 1.807) is 0 Å². The average Bonchev–Trinajstić information content (AvgIpc) is 2.57. The molecule has 4 nitrogen and oxygen atoms in total. The van der Waals surface area contributed by atoms with Gasteiger partial charge in [-0.2, -0.15) is 0 Å². The lowest BCUT2D eigenvalue weighted by atomic mass is 10.3. The molecule has 92 valence electrons. The Morgan fingerprint density at radius 1 is 1.41 bits per heavy atom. The van der Waals surface area contributed by atoms with Crippen molar-refractivity contribution in [2.75, 3.05) is 7.11 Å². The van der Waals surface area contributed by atoms with Gasteiger partial charge in [0.2, 0.25) is 0 Å². The van der Waals surface area contributed by atoms with Gasteiger partial charge < -0.3 is 9.14 Å². The topological polar surface area (TPSA) is 43.6 Å². The SMILES string of the molecule is COC=O.Cc1cc(Cl)c2nc(C)c(C)n2c1. The minimum absolute atomic E-state index is 0.375. The van der Waals surface area contributed by atoms with Crippen LogP contribution in [0.25, 0.3) is 5.65 Å². The predicted octanol–water partition coefficient (Wildman–Crippen LogP) is 2.70. The van der Waals surface area contributed by atoms with Crippen LogP contribution < -0.4 is 0 Å². The molecule has 17 heavy (non-hydrogen) atoms. The number of pyridine rings is 1. The summed E-state index contributed by atoms with van der Waals surface area (Å²) in [6.45, 7) is 6.44. The standard InChI is InChI=1S/C10H11ClN2.C2H4O2/c1-6-4-9(11)10-12-7(2)8(3)13(10)5-6;1-4-2-3/h4-5H,1-3H3;2H,1H3. The van der Waals surface area contributed by atoms with Gasteiger partial charge in [-0.1, -0.05) is 11.6 Å². The van der Waals surface area contributed by atoms with Gasteiger partial charge in [-0.25, -0.2) is 4.98 Å². The van der Waals surface area contributed by atoms with Crippen LogP contribution in [0.4, 0.5) is 0 Å². The van der Waals surface area contributed by atoms with Crippen LogP contribution >= 0.6 is 11.6 Å². The van der Waals surface area contributed by atoms with Crippen LogP contribution in [0.5, 0.6) is 0 Å². The van der Waals surface area contributed by atoms with Crippen LogP contribution in [0.3, 0.4) is 0 Å². The van der Waals surface area contributed by atoms with E-state index in [2.05, 4.69) is 15.9 Å². The molecule has 0 unspecified atom stereocenters. The van der Waals surface area contributed by atoms with Crippen molar-refractivity contribution in [1.82, 2.24) is 9.38 Å². The number of fused-ring (bicyclic) bond motifs is 1. The van der Waals surface area contributed by atoms with E-state index < -0.39 is 0 Å². The minimum atomic E-state index is 0.375. The molecule has 0 amide bonds. The molecule has 2 heterocycles. The van der Waals surface area contributed by atoms with Crippen molar-refractivity contribution in [2.24, 2.45) is 0 Å². The Morgan fingerprint density at radius 2 is 2.00 bits per heavy atom. The molecule has 0 bridgehead atoms. The van der Waals surface area contributed by atoms with Gasteiger partial charge in [-0.3, -0.25) is 4.79 Å². The fourth-order valence-corrected chi connectivity index (χ4v) is 1.76. The summed E-state index contributed by atoms with van der Waals surface area (Å²) in [4.78, 5) is 13.3. The summed E-state index contributed by atoms with van der Waals surface area (Å²) in [5, 5.41) is 0.719. The number of aryl methyl sites for hydroxylation is 3. The fraction of sp³-hybridized carbons (Fsp3) is 0.333. The molecule has 0 aromatic carbocycles. The molecule has 2 aromatic rings. The molecule has 0 fully saturated rings. The van der Waals surface area contributed by atoms with Gasteiger partial charge in [0.05, 0.1) is 17.8 Å². The normalized spacial score (nSPS) is 9.71. The van der Waals surface area contributed by atoms with E-state index in [-0.39, 0.29) is 0 Å². The molecule has 2 aromatic heterocycles.